The number of nitrogens with zero attached hydrogens (tertiary/aromatic N) is 1. The van der Waals surface area contributed by atoms with Gasteiger partial charge in [0.05, 0.1) is 4.90 Å². The Morgan fingerprint density at radius 1 is 1.04 bits per heavy atom. The van der Waals surface area contributed by atoms with Crippen LogP contribution in [-0.2, 0) is 21.3 Å². The maximum absolute atomic E-state index is 12.6. The maximum Gasteiger partial charge on any atom is 0.243 e. The summed E-state index contributed by atoms with van der Waals surface area (Å²) in [7, 11) is -3.32. The van der Waals surface area contributed by atoms with Crippen molar-refractivity contribution in [2.45, 2.75) is 43.5 Å². The number of sulfonamides is 1. The molecule has 0 aliphatic carbocycles. The van der Waals surface area contributed by atoms with Crippen molar-refractivity contribution < 1.29 is 13.2 Å². The van der Waals surface area contributed by atoms with Gasteiger partial charge in [0.1, 0.15) is 0 Å². The van der Waals surface area contributed by atoms with Crippen LogP contribution in [0.3, 0.4) is 0 Å². The third kappa shape index (κ3) is 4.57. The number of nitrogens with one attached hydrogen (secondary N) is 1. The van der Waals surface area contributed by atoms with Gasteiger partial charge in [-0.05, 0) is 55.8 Å². The van der Waals surface area contributed by atoms with Gasteiger partial charge in [-0.15, -0.1) is 0 Å². The van der Waals surface area contributed by atoms with Crippen LogP contribution in [0.15, 0.2) is 29.2 Å². The molecule has 0 spiro atoms. The monoisotopic (exact) mass is 352 g/mol. The number of rotatable bonds is 6. The molecule has 2 heterocycles. The van der Waals surface area contributed by atoms with Gasteiger partial charge in [-0.3, -0.25) is 0 Å². The predicted molar refractivity (Wildman–Crippen MR) is 94.3 cm³/mol. The Hall–Kier alpha value is -0.950. The van der Waals surface area contributed by atoms with Gasteiger partial charge in [-0.2, -0.15) is 4.31 Å². The van der Waals surface area contributed by atoms with E-state index in [1.165, 1.54) is 0 Å². The lowest BCUT2D eigenvalue weighted by molar-refractivity contribution is 0.0662. The molecule has 3 rings (SSSR count). The summed E-state index contributed by atoms with van der Waals surface area (Å²) in [5.41, 5.74) is 1.12. The van der Waals surface area contributed by atoms with Crippen molar-refractivity contribution in [3.8, 4) is 0 Å². The number of ether oxygens (including phenoxy) is 1. The minimum absolute atomic E-state index is 0.414. The number of piperidine rings is 1. The van der Waals surface area contributed by atoms with Crippen LogP contribution in [0.4, 0.5) is 0 Å². The first-order chi connectivity index (χ1) is 11.7. The molecule has 0 unspecified atom stereocenters. The summed E-state index contributed by atoms with van der Waals surface area (Å²) < 4.78 is 32.2. The second-order valence-electron chi connectivity index (χ2n) is 6.80. The van der Waals surface area contributed by atoms with Crippen LogP contribution in [0.2, 0.25) is 0 Å². The summed E-state index contributed by atoms with van der Waals surface area (Å²) in [5.74, 6) is 0.692. The van der Waals surface area contributed by atoms with Gasteiger partial charge in [-0.1, -0.05) is 18.6 Å². The first-order valence-corrected chi connectivity index (χ1v) is 10.5. The molecule has 0 amide bonds. The molecular formula is C18H28N2O3S. The van der Waals surface area contributed by atoms with E-state index in [9.17, 15) is 8.42 Å². The third-order valence-corrected chi connectivity index (χ3v) is 6.89. The summed E-state index contributed by atoms with van der Waals surface area (Å²) in [4.78, 5) is 0.414. The van der Waals surface area contributed by atoms with E-state index in [0.29, 0.717) is 23.9 Å². The average Bonchev–Trinajstić information content (AvgIpc) is 2.64. The topological polar surface area (TPSA) is 58.6 Å². The molecule has 2 saturated heterocycles. The molecule has 6 heteroatoms. The largest absolute Gasteiger partial charge is 0.381 e. The summed E-state index contributed by atoms with van der Waals surface area (Å²) in [6, 6.07) is 7.34. The maximum atomic E-state index is 12.6. The Balaban J connectivity index is 1.52. The molecule has 24 heavy (non-hydrogen) atoms. The minimum atomic E-state index is -3.32. The highest BCUT2D eigenvalue weighted by Gasteiger charge is 2.25. The lowest BCUT2D eigenvalue weighted by Crippen LogP contribution is -2.35. The van der Waals surface area contributed by atoms with E-state index >= 15 is 0 Å². The Morgan fingerprint density at radius 3 is 2.38 bits per heavy atom. The molecule has 0 bridgehead atoms. The SMILES string of the molecule is O=S(=O)(c1ccc(CNCC2CCOCC2)cc1)N1CCCCC1. The molecule has 2 aliphatic rings. The first kappa shape index (κ1) is 17.9. The van der Waals surface area contributed by atoms with E-state index in [4.69, 9.17) is 4.74 Å². The van der Waals surface area contributed by atoms with Crippen LogP contribution in [0.1, 0.15) is 37.7 Å². The van der Waals surface area contributed by atoms with Crippen molar-refractivity contribution in [1.82, 2.24) is 9.62 Å². The zero-order valence-electron chi connectivity index (χ0n) is 14.2. The van der Waals surface area contributed by atoms with Gasteiger partial charge >= 0.3 is 0 Å². The summed E-state index contributed by atoms with van der Waals surface area (Å²) in [5, 5.41) is 3.48. The summed E-state index contributed by atoms with van der Waals surface area (Å²) in [6.45, 7) is 4.82. The summed E-state index contributed by atoms with van der Waals surface area (Å²) in [6.07, 6.45) is 5.31. The van der Waals surface area contributed by atoms with Crippen molar-refractivity contribution >= 4 is 10.0 Å². The highest BCUT2D eigenvalue weighted by Crippen LogP contribution is 2.21. The lowest BCUT2D eigenvalue weighted by Gasteiger charge is -2.26. The van der Waals surface area contributed by atoms with Crippen molar-refractivity contribution in [2.75, 3.05) is 32.8 Å². The van der Waals surface area contributed by atoms with Crippen LogP contribution in [0.25, 0.3) is 0 Å². The second kappa shape index (κ2) is 8.43. The van der Waals surface area contributed by atoms with Gasteiger partial charge in [0.25, 0.3) is 0 Å². The molecule has 2 aliphatic heterocycles. The van der Waals surface area contributed by atoms with Crippen molar-refractivity contribution in [2.24, 2.45) is 5.92 Å². The smallest absolute Gasteiger partial charge is 0.243 e. The fourth-order valence-electron chi connectivity index (χ4n) is 3.40. The fourth-order valence-corrected chi connectivity index (χ4v) is 4.92. The molecular weight excluding hydrogens is 324 g/mol. The molecule has 0 aromatic heterocycles. The Kier molecular flexibility index (Phi) is 6.27. The van der Waals surface area contributed by atoms with Gasteiger partial charge in [-0.25, -0.2) is 8.42 Å². The third-order valence-electron chi connectivity index (χ3n) is 4.98. The highest BCUT2D eigenvalue weighted by atomic mass is 32.2. The standard InChI is InChI=1S/C18H28N2O3S/c21-24(22,20-10-2-1-3-11-20)18-6-4-16(5-7-18)14-19-15-17-8-12-23-13-9-17/h4-7,17,19H,1-3,8-15H2. The first-order valence-electron chi connectivity index (χ1n) is 9.04. The Bertz CT molecular complexity index is 604. The van der Waals surface area contributed by atoms with Gasteiger partial charge in [0.2, 0.25) is 10.0 Å². The zero-order valence-corrected chi connectivity index (χ0v) is 15.1. The average molecular weight is 353 g/mol. The molecule has 1 aromatic carbocycles. The zero-order chi connectivity index (χ0) is 16.8. The second-order valence-corrected chi connectivity index (χ2v) is 8.73. The summed E-state index contributed by atoms with van der Waals surface area (Å²) >= 11 is 0. The molecule has 2 fully saturated rings. The normalized spacial score (nSPS) is 21.0. The fraction of sp³-hybridized carbons (Fsp3) is 0.667. The molecule has 0 radical (unpaired) electrons. The van der Waals surface area contributed by atoms with Gasteiger partial charge in [0, 0.05) is 32.8 Å². The Labute approximate surface area is 145 Å². The van der Waals surface area contributed by atoms with Crippen LogP contribution >= 0.6 is 0 Å². The van der Waals surface area contributed by atoms with Gasteiger partial charge < -0.3 is 10.1 Å². The molecule has 134 valence electrons. The van der Waals surface area contributed by atoms with Crippen molar-refractivity contribution in [1.29, 1.82) is 0 Å². The van der Waals surface area contributed by atoms with E-state index in [1.807, 2.05) is 12.1 Å². The van der Waals surface area contributed by atoms with E-state index in [0.717, 1.165) is 64.0 Å². The van der Waals surface area contributed by atoms with Gasteiger partial charge in [0.15, 0.2) is 0 Å². The molecule has 1 N–H and O–H groups in total. The molecule has 0 atom stereocenters. The van der Waals surface area contributed by atoms with Crippen LogP contribution < -0.4 is 5.32 Å². The van der Waals surface area contributed by atoms with Crippen molar-refractivity contribution in [3.05, 3.63) is 29.8 Å². The van der Waals surface area contributed by atoms with E-state index in [-0.39, 0.29) is 0 Å². The molecule has 1 aromatic rings. The van der Waals surface area contributed by atoms with Crippen LogP contribution in [0.5, 0.6) is 0 Å². The number of hydrogen-bond acceptors (Lipinski definition) is 4. The molecule has 5 nitrogen and oxygen atoms in total. The Morgan fingerprint density at radius 2 is 1.71 bits per heavy atom. The van der Waals surface area contributed by atoms with E-state index in [1.54, 1.807) is 16.4 Å². The van der Waals surface area contributed by atoms with E-state index < -0.39 is 10.0 Å². The molecule has 0 saturated carbocycles. The van der Waals surface area contributed by atoms with E-state index in [2.05, 4.69) is 5.32 Å². The number of benzene rings is 1. The quantitative estimate of drug-likeness (QED) is 0.854. The van der Waals surface area contributed by atoms with Crippen LogP contribution in [-0.4, -0.2) is 45.6 Å². The predicted octanol–water partition coefficient (Wildman–Crippen LogP) is 2.38. The van der Waals surface area contributed by atoms with Crippen molar-refractivity contribution in [3.63, 3.8) is 0 Å². The van der Waals surface area contributed by atoms with Crippen LogP contribution in [0, 0.1) is 5.92 Å². The highest BCUT2D eigenvalue weighted by molar-refractivity contribution is 7.89. The minimum Gasteiger partial charge on any atom is -0.381 e. The number of hydrogen-bond donors (Lipinski definition) is 1. The lowest BCUT2D eigenvalue weighted by atomic mass is 10.0.